The summed E-state index contributed by atoms with van der Waals surface area (Å²) in [6.45, 7) is 0.478. The SMILES string of the molecule is O=Cc1sccc1Cn1ccc([N+](=O)[O-])c1. The zero-order valence-electron chi connectivity index (χ0n) is 8.20. The van der Waals surface area contributed by atoms with Crippen molar-refractivity contribution >= 4 is 23.3 Å². The molecule has 16 heavy (non-hydrogen) atoms. The highest BCUT2D eigenvalue weighted by atomic mass is 32.1. The van der Waals surface area contributed by atoms with Crippen LogP contribution in [0.15, 0.2) is 29.9 Å². The minimum atomic E-state index is -0.440. The van der Waals surface area contributed by atoms with E-state index in [1.165, 1.54) is 23.6 Å². The van der Waals surface area contributed by atoms with Gasteiger partial charge in [0.2, 0.25) is 0 Å². The highest BCUT2D eigenvalue weighted by Gasteiger charge is 2.09. The van der Waals surface area contributed by atoms with E-state index in [-0.39, 0.29) is 5.69 Å². The molecule has 0 aliphatic carbocycles. The molecule has 0 aliphatic rings. The molecule has 0 aromatic carbocycles. The summed E-state index contributed by atoms with van der Waals surface area (Å²) in [5.74, 6) is 0. The minimum Gasteiger partial charge on any atom is -0.344 e. The number of carbonyl (C=O) groups excluding carboxylic acids is 1. The maximum atomic E-state index is 10.7. The molecule has 0 amide bonds. The summed E-state index contributed by atoms with van der Waals surface area (Å²) in [4.78, 5) is 21.4. The third kappa shape index (κ3) is 2.01. The zero-order valence-corrected chi connectivity index (χ0v) is 9.02. The highest BCUT2D eigenvalue weighted by Crippen LogP contribution is 2.18. The predicted molar refractivity (Wildman–Crippen MR) is 59.9 cm³/mol. The molecule has 2 rings (SSSR count). The van der Waals surface area contributed by atoms with Gasteiger partial charge in [0.15, 0.2) is 6.29 Å². The summed E-state index contributed by atoms with van der Waals surface area (Å²) in [7, 11) is 0. The second kappa shape index (κ2) is 4.28. The summed E-state index contributed by atoms with van der Waals surface area (Å²) < 4.78 is 1.69. The van der Waals surface area contributed by atoms with Gasteiger partial charge in [-0.2, -0.15) is 0 Å². The van der Waals surface area contributed by atoms with E-state index in [0.29, 0.717) is 11.4 Å². The number of carbonyl (C=O) groups is 1. The molecule has 2 heterocycles. The first-order valence-corrected chi connectivity index (χ1v) is 5.40. The van der Waals surface area contributed by atoms with Gasteiger partial charge < -0.3 is 4.57 Å². The largest absolute Gasteiger partial charge is 0.344 e. The van der Waals surface area contributed by atoms with Crippen molar-refractivity contribution < 1.29 is 9.72 Å². The van der Waals surface area contributed by atoms with Crippen molar-refractivity contribution in [3.8, 4) is 0 Å². The number of thiophene rings is 1. The van der Waals surface area contributed by atoms with E-state index in [4.69, 9.17) is 0 Å². The van der Waals surface area contributed by atoms with Crippen LogP contribution >= 0.6 is 11.3 Å². The Bertz CT molecular complexity index is 530. The predicted octanol–water partition coefficient (Wildman–Crippen LogP) is 2.32. The Hall–Kier alpha value is -1.95. The van der Waals surface area contributed by atoms with Gasteiger partial charge in [-0.3, -0.25) is 14.9 Å². The van der Waals surface area contributed by atoms with Crippen molar-refractivity contribution in [3.63, 3.8) is 0 Å². The number of rotatable bonds is 4. The van der Waals surface area contributed by atoms with Gasteiger partial charge in [0.25, 0.3) is 5.69 Å². The average Bonchev–Trinajstić information content (AvgIpc) is 2.87. The molecule has 0 fully saturated rings. The van der Waals surface area contributed by atoms with Crippen LogP contribution in [0.5, 0.6) is 0 Å². The molecule has 0 saturated heterocycles. The highest BCUT2D eigenvalue weighted by molar-refractivity contribution is 7.11. The maximum Gasteiger partial charge on any atom is 0.286 e. The minimum absolute atomic E-state index is 0.0582. The summed E-state index contributed by atoms with van der Waals surface area (Å²) >= 11 is 1.37. The average molecular weight is 236 g/mol. The van der Waals surface area contributed by atoms with Crippen molar-refractivity contribution in [1.82, 2.24) is 4.57 Å². The van der Waals surface area contributed by atoms with Crippen LogP contribution in [0, 0.1) is 10.1 Å². The van der Waals surface area contributed by atoms with Gasteiger partial charge in [-0.15, -0.1) is 11.3 Å². The fourth-order valence-electron chi connectivity index (χ4n) is 1.41. The third-order valence-electron chi connectivity index (χ3n) is 2.19. The topological polar surface area (TPSA) is 65.1 Å². The third-order valence-corrected chi connectivity index (χ3v) is 3.07. The number of hydrogen-bond acceptors (Lipinski definition) is 4. The van der Waals surface area contributed by atoms with E-state index in [0.717, 1.165) is 11.8 Å². The van der Waals surface area contributed by atoms with Gasteiger partial charge in [-0.25, -0.2) is 0 Å². The first-order valence-electron chi connectivity index (χ1n) is 4.52. The molecular weight excluding hydrogens is 228 g/mol. The van der Waals surface area contributed by atoms with E-state index in [2.05, 4.69) is 0 Å². The molecule has 0 bridgehead atoms. The van der Waals surface area contributed by atoms with Crippen LogP contribution in [0.4, 0.5) is 5.69 Å². The molecule has 6 heteroatoms. The second-order valence-corrected chi connectivity index (χ2v) is 4.17. The number of aromatic nitrogens is 1. The van der Waals surface area contributed by atoms with Gasteiger partial charge in [-0.1, -0.05) is 0 Å². The molecule has 0 saturated carbocycles. The summed E-state index contributed by atoms with van der Waals surface area (Å²) in [6, 6.07) is 3.28. The van der Waals surface area contributed by atoms with Crippen molar-refractivity contribution in [2.24, 2.45) is 0 Å². The summed E-state index contributed by atoms with van der Waals surface area (Å²) in [5.41, 5.74) is 0.938. The molecule has 5 nitrogen and oxygen atoms in total. The molecule has 0 unspecified atom stereocenters. The Morgan fingerprint density at radius 2 is 2.31 bits per heavy atom. The number of aldehydes is 1. The Kier molecular flexibility index (Phi) is 2.82. The fraction of sp³-hybridized carbons (Fsp3) is 0.100. The van der Waals surface area contributed by atoms with Crippen LogP contribution in [-0.2, 0) is 6.54 Å². The van der Waals surface area contributed by atoms with E-state index in [9.17, 15) is 14.9 Å². The van der Waals surface area contributed by atoms with Crippen molar-refractivity contribution in [2.75, 3.05) is 0 Å². The van der Waals surface area contributed by atoms with Crippen molar-refractivity contribution in [2.45, 2.75) is 6.54 Å². The lowest BCUT2D eigenvalue weighted by Gasteiger charge is -2.00. The van der Waals surface area contributed by atoms with Crippen LogP contribution < -0.4 is 0 Å². The first-order chi connectivity index (χ1) is 7.70. The molecule has 82 valence electrons. The molecular formula is C10H8N2O3S. The van der Waals surface area contributed by atoms with Crippen molar-refractivity contribution in [3.05, 3.63) is 50.5 Å². The monoisotopic (exact) mass is 236 g/mol. The normalized spacial score (nSPS) is 10.2. The van der Waals surface area contributed by atoms with Gasteiger partial charge in [-0.05, 0) is 17.0 Å². The van der Waals surface area contributed by atoms with Crippen LogP contribution in [0.3, 0.4) is 0 Å². The summed E-state index contributed by atoms with van der Waals surface area (Å²) in [5, 5.41) is 12.3. The van der Waals surface area contributed by atoms with Gasteiger partial charge in [0, 0.05) is 18.8 Å². The van der Waals surface area contributed by atoms with Crippen LogP contribution in [-0.4, -0.2) is 15.8 Å². The molecule has 0 aliphatic heterocycles. The number of hydrogen-bond donors (Lipinski definition) is 0. The lowest BCUT2D eigenvalue weighted by molar-refractivity contribution is -0.384. The van der Waals surface area contributed by atoms with E-state index in [1.54, 1.807) is 10.8 Å². The number of nitro groups is 1. The van der Waals surface area contributed by atoms with E-state index >= 15 is 0 Å². The zero-order chi connectivity index (χ0) is 11.5. The Morgan fingerprint density at radius 3 is 2.94 bits per heavy atom. The molecule has 0 radical (unpaired) electrons. The Morgan fingerprint density at radius 1 is 1.50 bits per heavy atom. The number of nitrogens with zero attached hydrogens (tertiary/aromatic N) is 2. The molecule has 0 N–H and O–H groups in total. The molecule has 2 aromatic rings. The van der Waals surface area contributed by atoms with Gasteiger partial charge in [0.1, 0.15) is 0 Å². The second-order valence-electron chi connectivity index (χ2n) is 3.23. The van der Waals surface area contributed by atoms with Crippen LogP contribution in [0.2, 0.25) is 0 Å². The van der Waals surface area contributed by atoms with Gasteiger partial charge in [0.05, 0.1) is 16.0 Å². The quantitative estimate of drug-likeness (QED) is 0.465. The first kappa shape index (κ1) is 10.6. The standard InChI is InChI=1S/C10H8N2O3S/c13-7-10-8(2-4-16-10)5-11-3-1-9(6-11)12(14)15/h1-4,6-7H,5H2. The van der Waals surface area contributed by atoms with Gasteiger partial charge >= 0.3 is 0 Å². The Balaban J connectivity index is 2.20. The van der Waals surface area contributed by atoms with Crippen LogP contribution in [0.1, 0.15) is 15.2 Å². The molecule has 2 aromatic heterocycles. The maximum absolute atomic E-state index is 10.7. The fourth-order valence-corrected chi connectivity index (χ4v) is 2.13. The molecule has 0 atom stereocenters. The summed E-state index contributed by atoms with van der Waals surface area (Å²) in [6.07, 6.45) is 3.88. The van der Waals surface area contributed by atoms with Crippen LogP contribution in [0.25, 0.3) is 0 Å². The molecule has 0 spiro atoms. The smallest absolute Gasteiger partial charge is 0.286 e. The van der Waals surface area contributed by atoms with E-state index in [1.807, 2.05) is 11.4 Å². The Labute approximate surface area is 95.1 Å². The lowest BCUT2D eigenvalue weighted by atomic mass is 10.2. The van der Waals surface area contributed by atoms with E-state index < -0.39 is 4.92 Å². The lowest BCUT2D eigenvalue weighted by Crippen LogP contribution is -1.97. The van der Waals surface area contributed by atoms with Crippen molar-refractivity contribution in [1.29, 1.82) is 0 Å².